The third-order valence-corrected chi connectivity index (χ3v) is 5.71. The predicted octanol–water partition coefficient (Wildman–Crippen LogP) is 3.57. The van der Waals surface area contributed by atoms with Crippen molar-refractivity contribution in [3.05, 3.63) is 16.2 Å². The number of thiophene rings is 1. The first kappa shape index (κ1) is 15.0. The predicted molar refractivity (Wildman–Crippen MR) is 90.7 cm³/mol. The van der Waals surface area contributed by atoms with Crippen LogP contribution in [0.25, 0.3) is 10.2 Å². The lowest BCUT2D eigenvalue weighted by Crippen LogP contribution is -2.56. The highest BCUT2D eigenvalue weighted by molar-refractivity contribution is 7.18. The molecule has 3 rings (SSSR count). The molecule has 1 aliphatic rings. The van der Waals surface area contributed by atoms with Crippen LogP contribution in [0.3, 0.4) is 0 Å². The van der Waals surface area contributed by atoms with E-state index in [2.05, 4.69) is 53.9 Å². The molecular formula is C15H21ClN4S. The molecule has 0 unspecified atom stereocenters. The monoisotopic (exact) mass is 324 g/mol. The Morgan fingerprint density at radius 3 is 2.57 bits per heavy atom. The lowest BCUT2D eigenvalue weighted by molar-refractivity contribution is 0.0682. The van der Waals surface area contributed by atoms with E-state index in [9.17, 15) is 0 Å². The van der Waals surface area contributed by atoms with E-state index < -0.39 is 0 Å². The number of hydrogen-bond acceptors (Lipinski definition) is 5. The lowest BCUT2D eigenvalue weighted by Gasteiger charge is -2.49. The third-order valence-electron chi connectivity index (χ3n) is 4.59. The molecule has 0 spiro atoms. The van der Waals surface area contributed by atoms with Crippen LogP contribution in [0, 0.1) is 6.92 Å². The Morgan fingerprint density at radius 1 is 1.29 bits per heavy atom. The molecule has 0 aliphatic heterocycles. The molecule has 0 aromatic carbocycles. The van der Waals surface area contributed by atoms with Gasteiger partial charge in [-0.1, -0.05) is 0 Å². The molecular weight excluding hydrogens is 304 g/mol. The van der Waals surface area contributed by atoms with Gasteiger partial charge in [-0.3, -0.25) is 0 Å². The van der Waals surface area contributed by atoms with E-state index in [0.717, 1.165) is 22.6 Å². The Labute approximate surface area is 134 Å². The largest absolute Gasteiger partial charge is 0.357 e. The van der Waals surface area contributed by atoms with Crippen molar-refractivity contribution in [3.63, 3.8) is 0 Å². The molecule has 0 radical (unpaired) electrons. The molecule has 21 heavy (non-hydrogen) atoms. The number of anilines is 1. The molecule has 0 N–H and O–H groups in total. The zero-order valence-electron chi connectivity index (χ0n) is 13.0. The van der Waals surface area contributed by atoms with Crippen molar-refractivity contribution in [3.8, 4) is 0 Å². The molecule has 2 aromatic rings. The number of aryl methyl sites for hydroxylation is 1. The van der Waals surface area contributed by atoms with Crippen molar-refractivity contribution in [2.45, 2.75) is 31.7 Å². The summed E-state index contributed by atoms with van der Waals surface area (Å²) in [5, 5.41) is 1.44. The van der Waals surface area contributed by atoms with Crippen LogP contribution in [0.1, 0.15) is 24.1 Å². The van der Waals surface area contributed by atoms with Crippen molar-refractivity contribution in [2.75, 3.05) is 32.6 Å². The van der Waals surface area contributed by atoms with Gasteiger partial charge < -0.3 is 9.80 Å². The van der Waals surface area contributed by atoms with Gasteiger partial charge in [-0.15, -0.1) is 11.3 Å². The number of likely N-dealkylation sites (N-methyl/N-ethyl adjacent to an activating group) is 2. The SMILES string of the molecule is Cc1cc2c(N(C)CC3(N(C)C)CCC3)nc(Cl)nc2s1. The zero-order chi connectivity index (χ0) is 15.2. The molecule has 0 amide bonds. The van der Waals surface area contributed by atoms with Crippen LogP contribution in [0.15, 0.2) is 6.07 Å². The number of halogens is 1. The van der Waals surface area contributed by atoms with E-state index in [0.29, 0.717) is 5.28 Å². The van der Waals surface area contributed by atoms with E-state index in [1.165, 1.54) is 24.1 Å². The number of fused-ring (bicyclic) bond motifs is 1. The van der Waals surface area contributed by atoms with Crippen LogP contribution in [-0.2, 0) is 0 Å². The molecule has 0 bridgehead atoms. The fourth-order valence-corrected chi connectivity index (χ4v) is 4.23. The second kappa shape index (κ2) is 5.38. The molecule has 1 saturated carbocycles. The smallest absolute Gasteiger partial charge is 0.225 e. The summed E-state index contributed by atoms with van der Waals surface area (Å²) in [6.07, 6.45) is 3.80. The summed E-state index contributed by atoms with van der Waals surface area (Å²) in [7, 11) is 6.45. The van der Waals surface area contributed by atoms with Crippen LogP contribution in [-0.4, -0.2) is 48.1 Å². The second-order valence-corrected chi connectivity index (χ2v) is 7.79. The van der Waals surface area contributed by atoms with Gasteiger partial charge in [0.05, 0.1) is 5.39 Å². The maximum Gasteiger partial charge on any atom is 0.225 e. The number of aromatic nitrogens is 2. The van der Waals surface area contributed by atoms with Gasteiger partial charge >= 0.3 is 0 Å². The van der Waals surface area contributed by atoms with Gasteiger partial charge in [0.15, 0.2) is 0 Å². The van der Waals surface area contributed by atoms with Gasteiger partial charge in [0.1, 0.15) is 10.6 Å². The minimum atomic E-state index is 0.267. The first-order chi connectivity index (χ1) is 9.91. The van der Waals surface area contributed by atoms with Crippen LogP contribution in [0.4, 0.5) is 5.82 Å². The van der Waals surface area contributed by atoms with Crippen molar-refractivity contribution >= 4 is 39.0 Å². The van der Waals surface area contributed by atoms with Crippen LogP contribution < -0.4 is 4.90 Å². The topological polar surface area (TPSA) is 32.3 Å². The Bertz CT molecular complexity index is 663. The van der Waals surface area contributed by atoms with E-state index in [1.54, 1.807) is 11.3 Å². The summed E-state index contributed by atoms with van der Waals surface area (Å²) in [6.45, 7) is 3.06. The van der Waals surface area contributed by atoms with Crippen molar-refractivity contribution in [2.24, 2.45) is 0 Å². The van der Waals surface area contributed by atoms with Gasteiger partial charge in [-0.05, 0) is 57.9 Å². The maximum absolute atomic E-state index is 6.11. The molecule has 1 fully saturated rings. The third kappa shape index (κ3) is 2.62. The zero-order valence-corrected chi connectivity index (χ0v) is 14.6. The van der Waals surface area contributed by atoms with E-state index >= 15 is 0 Å². The Kier molecular flexibility index (Phi) is 3.84. The van der Waals surface area contributed by atoms with E-state index in [-0.39, 0.29) is 5.54 Å². The molecule has 114 valence electrons. The minimum Gasteiger partial charge on any atom is -0.357 e. The summed E-state index contributed by atoms with van der Waals surface area (Å²) in [5.41, 5.74) is 0.267. The molecule has 1 aliphatic carbocycles. The molecule has 0 atom stereocenters. The van der Waals surface area contributed by atoms with Gasteiger partial charge in [-0.25, -0.2) is 4.98 Å². The summed E-state index contributed by atoms with van der Waals surface area (Å²) in [6, 6.07) is 2.16. The van der Waals surface area contributed by atoms with Crippen molar-refractivity contribution in [1.82, 2.24) is 14.9 Å². The maximum atomic E-state index is 6.11. The average molecular weight is 325 g/mol. The summed E-state index contributed by atoms with van der Waals surface area (Å²) in [5.74, 6) is 0.947. The number of nitrogens with zero attached hydrogens (tertiary/aromatic N) is 4. The normalized spacial score (nSPS) is 17.2. The molecule has 4 nitrogen and oxygen atoms in total. The fraction of sp³-hybridized carbons (Fsp3) is 0.600. The van der Waals surface area contributed by atoms with Crippen LogP contribution in [0.2, 0.25) is 5.28 Å². The summed E-state index contributed by atoms with van der Waals surface area (Å²) in [4.78, 5) is 15.6. The van der Waals surface area contributed by atoms with Gasteiger partial charge in [0.2, 0.25) is 5.28 Å². The number of hydrogen-bond donors (Lipinski definition) is 0. The standard InChI is InChI=1S/C15H21ClN4S/c1-10-8-11-12(17-14(16)18-13(11)21-10)20(4)9-15(19(2)3)6-5-7-15/h8H,5-7,9H2,1-4H3. The van der Waals surface area contributed by atoms with Crippen molar-refractivity contribution in [1.29, 1.82) is 0 Å². The summed E-state index contributed by atoms with van der Waals surface area (Å²) < 4.78 is 0. The number of rotatable bonds is 4. The van der Waals surface area contributed by atoms with Gasteiger partial charge in [0.25, 0.3) is 0 Å². The second-order valence-electron chi connectivity index (χ2n) is 6.22. The highest BCUT2D eigenvalue weighted by atomic mass is 35.5. The Balaban J connectivity index is 1.96. The molecule has 2 aromatic heterocycles. The minimum absolute atomic E-state index is 0.267. The van der Waals surface area contributed by atoms with E-state index in [4.69, 9.17) is 11.6 Å². The van der Waals surface area contributed by atoms with Crippen molar-refractivity contribution < 1.29 is 0 Å². The van der Waals surface area contributed by atoms with Gasteiger partial charge in [0, 0.05) is 24.0 Å². The fourth-order valence-electron chi connectivity index (χ4n) is 3.14. The summed E-state index contributed by atoms with van der Waals surface area (Å²) >= 11 is 7.78. The quantitative estimate of drug-likeness (QED) is 0.805. The molecule has 2 heterocycles. The Hall–Kier alpha value is -0.910. The molecule has 0 saturated heterocycles. The Morgan fingerprint density at radius 2 is 2.00 bits per heavy atom. The highest BCUT2D eigenvalue weighted by Crippen LogP contribution is 2.38. The highest BCUT2D eigenvalue weighted by Gasteiger charge is 2.40. The first-order valence-electron chi connectivity index (χ1n) is 7.23. The lowest BCUT2D eigenvalue weighted by atomic mass is 9.75. The average Bonchev–Trinajstić information content (AvgIpc) is 2.71. The first-order valence-corrected chi connectivity index (χ1v) is 8.43. The van der Waals surface area contributed by atoms with E-state index in [1.807, 2.05) is 0 Å². The molecule has 6 heteroatoms. The van der Waals surface area contributed by atoms with Crippen LogP contribution in [0.5, 0.6) is 0 Å². The van der Waals surface area contributed by atoms with Crippen LogP contribution >= 0.6 is 22.9 Å². The van der Waals surface area contributed by atoms with Gasteiger partial charge in [-0.2, -0.15) is 4.98 Å².